The molecule has 1 aromatic carbocycles. The van der Waals surface area contributed by atoms with Crippen molar-refractivity contribution in [2.24, 2.45) is 0 Å². The molecule has 0 aliphatic rings. The largest absolute Gasteiger partial charge is 0.467 e. The van der Waals surface area contributed by atoms with Gasteiger partial charge in [-0.05, 0) is 20.0 Å². The van der Waals surface area contributed by atoms with Crippen LogP contribution in [-0.4, -0.2) is 20.1 Å². The van der Waals surface area contributed by atoms with Crippen molar-refractivity contribution >= 4 is 29.2 Å². The standard InChI is InChI=1S/C11H13Cl2NO2/c1-11(14-2,10(15)16-3)7-5-4-6-8(12)9(7)13/h4-6,14H,1-3H3. The van der Waals surface area contributed by atoms with Gasteiger partial charge in [0.15, 0.2) is 0 Å². The Bertz CT molecular complexity index is 409. The first kappa shape index (κ1) is 13.3. The quantitative estimate of drug-likeness (QED) is 0.851. The summed E-state index contributed by atoms with van der Waals surface area (Å²) < 4.78 is 4.75. The predicted octanol–water partition coefficient (Wildman–Crippen LogP) is 2.60. The van der Waals surface area contributed by atoms with Crippen LogP contribution in [0.4, 0.5) is 0 Å². The Kier molecular flexibility index (Phi) is 4.19. The molecule has 0 fully saturated rings. The molecule has 0 aliphatic heterocycles. The summed E-state index contributed by atoms with van der Waals surface area (Å²) in [6, 6.07) is 5.14. The van der Waals surface area contributed by atoms with E-state index >= 15 is 0 Å². The normalized spacial score (nSPS) is 14.3. The van der Waals surface area contributed by atoms with Gasteiger partial charge in [0.1, 0.15) is 5.54 Å². The summed E-state index contributed by atoms with van der Waals surface area (Å²) in [5, 5.41) is 3.66. The highest BCUT2D eigenvalue weighted by Gasteiger charge is 2.36. The molecule has 0 aromatic heterocycles. The highest BCUT2D eigenvalue weighted by Crippen LogP contribution is 2.33. The van der Waals surface area contributed by atoms with Gasteiger partial charge in [0, 0.05) is 5.56 Å². The van der Waals surface area contributed by atoms with Gasteiger partial charge in [0.05, 0.1) is 17.2 Å². The lowest BCUT2D eigenvalue weighted by molar-refractivity contribution is -0.148. The molecule has 1 N–H and O–H groups in total. The van der Waals surface area contributed by atoms with Gasteiger partial charge in [-0.2, -0.15) is 0 Å². The second kappa shape index (κ2) is 5.04. The first-order chi connectivity index (χ1) is 7.47. The average Bonchev–Trinajstić information content (AvgIpc) is 2.30. The SMILES string of the molecule is CNC(C)(C(=O)OC)c1cccc(Cl)c1Cl. The number of carbonyl (C=O) groups excluding carboxylic acids is 1. The molecule has 0 saturated carbocycles. The lowest BCUT2D eigenvalue weighted by Gasteiger charge is -2.27. The number of nitrogens with one attached hydrogen (secondary N) is 1. The molecule has 0 spiro atoms. The third kappa shape index (κ3) is 2.17. The minimum absolute atomic E-state index is 0.353. The highest BCUT2D eigenvalue weighted by atomic mass is 35.5. The van der Waals surface area contributed by atoms with Gasteiger partial charge in [-0.1, -0.05) is 35.3 Å². The number of hydrogen-bond donors (Lipinski definition) is 1. The van der Waals surface area contributed by atoms with Gasteiger partial charge in [-0.15, -0.1) is 0 Å². The van der Waals surface area contributed by atoms with Gasteiger partial charge >= 0.3 is 5.97 Å². The Labute approximate surface area is 105 Å². The smallest absolute Gasteiger partial charge is 0.330 e. The molecule has 16 heavy (non-hydrogen) atoms. The van der Waals surface area contributed by atoms with Crippen molar-refractivity contribution in [3.63, 3.8) is 0 Å². The van der Waals surface area contributed by atoms with Gasteiger partial charge in [-0.3, -0.25) is 0 Å². The maximum atomic E-state index is 11.7. The third-order valence-corrected chi connectivity index (χ3v) is 3.40. The molecule has 1 aromatic rings. The van der Waals surface area contributed by atoms with Gasteiger partial charge in [-0.25, -0.2) is 4.79 Å². The van der Waals surface area contributed by atoms with Crippen LogP contribution in [0.1, 0.15) is 12.5 Å². The second-order valence-corrected chi connectivity index (χ2v) is 4.25. The first-order valence-electron chi connectivity index (χ1n) is 4.69. The maximum absolute atomic E-state index is 11.7. The fourth-order valence-electron chi connectivity index (χ4n) is 1.44. The highest BCUT2D eigenvalue weighted by molar-refractivity contribution is 6.42. The topological polar surface area (TPSA) is 38.3 Å². The lowest BCUT2D eigenvalue weighted by atomic mass is 9.92. The van der Waals surface area contributed by atoms with Crippen LogP contribution in [0.5, 0.6) is 0 Å². The molecule has 88 valence electrons. The molecule has 3 nitrogen and oxygen atoms in total. The van der Waals surface area contributed by atoms with Crippen LogP contribution in [0.2, 0.25) is 10.0 Å². The molecule has 0 bridgehead atoms. The van der Waals surface area contributed by atoms with Crippen LogP contribution in [0.3, 0.4) is 0 Å². The molecule has 5 heteroatoms. The molecule has 0 saturated heterocycles. The monoisotopic (exact) mass is 261 g/mol. The fraction of sp³-hybridized carbons (Fsp3) is 0.364. The summed E-state index contributed by atoms with van der Waals surface area (Å²) in [7, 11) is 2.99. The predicted molar refractivity (Wildman–Crippen MR) is 64.9 cm³/mol. The van der Waals surface area contributed by atoms with E-state index in [2.05, 4.69) is 5.32 Å². The zero-order valence-corrected chi connectivity index (χ0v) is 10.8. The van der Waals surface area contributed by atoms with Crippen LogP contribution < -0.4 is 5.32 Å². The summed E-state index contributed by atoms with van der Waals surface area (Å²) in [5.41, 5.74) is -0.410. The number of ether oxygens (including phenoxy) is 1. The van der Waals surface area contributed by atoms with Crippen molar-refractivity contribution in [2.75, 3.05) is 14.2 Å². The molecular formula is C11H13Cl2NO2. The number of hydrogen-bond acceptors (Lipinski definition) is 3. The molecule has 1 unspecified atom stereocenters. The van der Waals surface area contributed by atoms with Gasteiger partial charge < -0.3 is 10.1 Å². The van der Waals surface area contributed by atoms with E-state index in [-0.39, 0.29) is 0 Å². The number of methoxy groups -OCH3 is 1. The summed E-state index contributed by atoms with van der Waals surface area (Å²) in [6.07, 6.45) is 0. The number of benzene rings is 1. The molecule has 1 atom stereocenters. The molecule has 0 amide bonds. The maximum Gasteiger partial charge on any atom is 0.330 e. The number of carbonyl (C=O) groups is 1. The van der Waals surface area contributed by atoms with Crippen molar-refractivity contribution in [3.05, 3.63) is 33.8 Å². The molecule has 0 aliphatic carbocycles. The summed E-state index contributed by atoms with van der Waals surface area (Å²) in [6.45, 7) is 1.69. The zero-order valence-electron chi connectivity index (χ0n) is 9.30. The Morgan fingerprint density at radius 2 is 2.06 bits per heavy atom. The Morgan fingerprint density at radius 3 is 2.56 bits per heavy atom. The Hall–Kier alpha value is -0.770. The number of rotatable bonds is 3. The summed E-state index contributed by atoms with van der Waals surface area (Å²) >= 11 is 12.0. The molecular weight excluding hydrogens is 249 g/mol. The molecule has 0 radical (unpaired) electrons. The third-order valence-electron chi connectivity index (χ3n) is 2.58. The van der Waals surface area contributed by atoms with Crippen molar-refractivity contribution < 1.29 is 9.53 Å². The Morgan fingerprint density at radius 1 is 1.44 bits per heavy atom. The average molecular weight is 262 g/mol. The van der Waals surface area contributed by atoms with Crippen LogP contribution >= 0.6 is 23.2 Å². The van der Waals surface area contributed by atoms with Gasteiger partial charge in [0.25, 0.3) is 0 Å². The summed E-state index contributed by atoms with van der Waals surface area (Å²) in [4.78, 5) is 11.7. The van der Waals surface area contributed by atoms with E-state index in [9.17, 15) is 4.79 Å². The van der Waals surface area contributed by atoms with E-state index in [4.69, 9.17) is 27.9 Å². The summed E-state index contributed by atoms with van der Waals surface area (Å²) in [5.74, 6) is -0.417. The van der Waals surface area contributed by atoms with Crippen molar-refractivity contribution in [1.82, 2.24) is 5.32 Å². The van der Waals surface area contributed by atoms with E-state index in [1.54, 1.807) is 32.2 Å². The number of esters is 1. The lowest BCUT2D eigenvalue weighted by Crippen LogP contribution is -2.45. The van der Waals surface area contributed by atoms with Crippen LogP contribution in [0, 0.1) is 0 Å². The van der Waals surface area contributed by atoms with Gasteiger partial charge in [0.2, 0.25) is 0 Å². The van der Waals surface area contributed by atoms with Crippen molar-refractivity contribution in [2.45, 2.75) is 12.5 Å². The number of likely N-dealkylation sites (N-methyl/N-ethyl adjacent to an activating group) is 1. The van der Waals surface area contributed by atoms with Crippen LogP contribution in [-0.2, 0) is 15.1 Å². The molecule has 0 heterocycles. The van der Waals surface area contributed by atoms with Crippen LogP contribution in [0.25, 0.3) is 0 Å². The van der Waals surface area contributed by atoms with E-state index in [0.29, 0.717) is 15.6 Å². The Balaban J connectivity index is 3.33. The van der Waals surface area contributed by atoms with Crippen molar-refractivity contribution in [1.29, 1.82) is 0 Å². The van der Waals surface area contributed by atoms with E-state index in [1.165, 1.54) is 7.11 Å². The number of halogens is 2. The minimum atomic E-state index is -1.00. The zero-order chi connectivity index (χ0) is 12.3. The van der Waals surface area contributed by atoms with E-state index in [0.717, 1.165) is 0 Å². The first-order valence-corrected chi connectivity index (χ1v) is 5.44. The van der Waals surface area contributed by atoms with E-state index < -0.39 is 11.5 Å². The fourth-order valence-corrected chi connectivity index (χ4v) is 1.93. The second-order valence-electron chi connectivity index (χ2n) is 3.47. The molecule has 1 rings (SSSR count). The van der Waals surface area contributed by atoms with E-state index in [1.807, 2.05) is 0 Å². The van der Waals surface area contributed by atoms with Crippen LogP contribution in [0.15, 0.2) is 18.2 Å². The van der Waals surface area contributed by atoms with Crippen molar-refractivity contribution in [3.8, 4) is 0 Å². The minimum Gasteiger partial charge on any atom is -0.467 e.